The normalized spacial score (nSPS) is 16.3. The Hall–Kier alpha value is -2.22. The Morgan fingerprint density at radius 1 is 1.15 bits per heavy atom. The molecule has 8 heteroatoms. The van der Waals surface area contributed by atoms with Crippen LogP contribution in [0.1, 0.15) is 23.7 Å². The summed E-state index contributed by atoms with van der Waals surface area (Å²) < 4.78 is 40.3. The Bertz CT molecular complexity index is 761. The lowest BCUT2D eigenvalue weighted by molar-refractivity contribution is -0.137. The Balaban J connectivity index is 1.62. The van der Waals surface area contributed by atoms with E-state index in [-0.39, 0.29) is 5.69 Å². The number of halogens is 3. The number of hydrogen-bond donors (Lipinski definition) is 1. The van der Waals surface area contributed by atoms with Crippen LogP contribution in [-0.4, -0.2) is 40.9 Å². The second kappa shape index (κ2) is 7.19. The van der Waals surface area contributed by atoms with Gasteiger partial charge in [0.05, 0.1) is 23.1 Å². The Kier molecular flexibility index (Phi) is 5.13. The number of nitrogens with two attached hydrogens (primary N) is 1. The molecule has 26 heavy (non-hydrogen) atoms. The maximum absolute atomic E-state index is 12.8. The van der Waals surface area contributed by atoms with E-state index in [9.17, 15) is 13.2 Å². The molecule has 2 heterocycles. The molecule has 3 rings (SSSR count). The van der Waals surface area contributed by atoms with Gasteiger partial charge in [0.2, 0.25) is 0 Å². The van der Waals surface area contributed by atoms with E-state index in [1.54, 1.807) is 0 Å². The van der Waals surface area contributed by atoms with Crippen molar-refractivity contribution in [2.24, 2.45) is 0 Å². The first-order valence-corrected chi connectivity index (χ1v) is 8.75. The largest absolute Gasteiger partial charge is 0.416 e. The predicted octanol–water partition coefficient (Wildman–Crippen LogP) is 3.13. The summed E-state index contributed by atoms with van der Waals surface area (Å²) >= 11 is 0. The minimum absolute atomic E-state index is 0.174. The van der Waals surface area contributed by atoms with E-state index in [2.05, 4.69) is 23.8 Å². The van der Waals surface area contributed by atoms with Gasteiger partial charge in [0, 0.05) is 50.5 Å². The van der Waals surface area contributed by atoms with Crippen molar-refractivity contribution >= 4 is 11.4 Å². The molecule has 0 aliphatic carbocycles. The van der Waals surface area contributed by atoms with Gasteiger partial charge in [0.25, 0.3) is 0 Å². The number of aromatic nitrogens is 2. The molecule has 1 aromatic carbocycles. The van der Waals surface area contributed by atoms with Crippen molar-refractivity contribution in [3.63, 3.8) is 0 Å². The monoisotopic (exact) mass is 367 g/mol. The van der Waals surface area contributed by atoms with E-state index in [1.165, 1.54) is 17.3 Å². The Morgan fingerprint density at radius 2 is 1.85 bits per heavy atom. The van der Waals surface area contributed by atoms with Crippen molar-refractivity contribution in [2.45, 2.75) is 33.1 Å². The van der Waals surface area contributed by atoms with Crippen LogP contribution in [0.4, 0.5) is 24.5 Å². The molecule has 142 valence electrons. The molecular formula is C18H24F3N5. The summed E-state index contributed by atoms with van der Waals surface area (Å²) in [5, 5.41) is 4.37. The molecule has 0 spiro atoms. The summed E-state index contributed by atoms with van der Waals surface area (Å²) in [6.45, 7) is 8.96. The van der Waals surface area contributed by atoms with E-state index in [0.717, 1.165) is 51.4 Å². The third-order valence-corrected chi connectivity index (χ3v) is 4.97. The fraction of sp³-hybridized carbons (Fsp3) is 0.500. The summed E-state index contributed by atoms with van der Waals surface area (Å²) in [6, 6.07) is 3.59. The molecule has 0 amide bonds. The van der Waals surface area contributed by atoms with E-state index in [1.807, 2.05) is 15.8 Å². The van der Waals surface area contributed by atoms with E-state index < -0.39 is 11.7 Å². The predicted molar refractivity (Wildman–Crippen MR) is 96.0 cm³/mol. The van der Waals surface area contributed by atoms with Crippen molar-refractivity contribution in [1.82, 2.24) is 14.7 Å². The second-order valence-electron chi connectivity index (χ2n) is 6.61. The van der Waals surface area contributed by atoms with Crippen LogP contribution in [0.3, 0.4) is 0 Å². The number of nitrogen functional groups attached to an aromatic ring is 1. The smallest absolute Gasteiger partial charge is 0.397 e. The maximum Gasteiger partial charge on any atom is 0.416 e. The van der Waals surface area contributed by atoms with Crippen LogP contribution in [0.25, 0.3) is 0 Å². The number of piperazine rings is 1. The first kappa shape index (κ1) is 18.6. The van der Waals surface area contributed by atoms with Crippen LogP contribution >= 0.6 is 0 Å². The number of anilines is 2. The summed E-state index contributed by atoms with van der Waals surface area (Å²) in [5.74, 6) is 0. The van der Waals surface area contributed by atoms with Crippen LogP contribution in [0.15, 0.2) is 24.4 Å². The first-order chi connectivity index (χ1) is 12.3. The molecule has 1 aromatic heterocycles. The zero-order chi connectivity index (χ0) is 18.9. The number of alkyl halides is 3. The molecule has 1 aliphatic rings. The van der Waals surface area contributed by atoms with Crippen LogP contribution in [-0.2, 0) is 19.3 Å². The van der Waals surface area contributed by atoms with Gasteiger partial charge < -0.3 is 10.6 Å². The highest BCUT2D eigenvalue weighted by Gasteiger charge is 2.31. The van der Waals surface area contributed by atoms with Gasteiger partial charge in [-0.05, 0) is 32.0 Å². The first-order valence-electron chi connectivity index (χ1n) is 8.75. The summed E-state index contributed by atoms with van der Waals surface area (Å²) in [6.07, 6.45) is -2.45. The quantitative estimate of drug-likeness (QED) is 0.844. The van der Waals surface area contributed by atoms with Crippen LogP contribution < -0.4 is 10.6 Å². The van der Waals surface area contributed by atoms with Crippen molar-refractivity contribution in [3.8, 4) is 0 Å². The molecule has 1 aliphatic heterocycles. The molecule has 0 saturated carbocycles. The van der Waals surface area contributed by atoms with Crippen molar-refractivity contribution in [1.29, 1.82) is 0 Å². The fourth-order valence-corrected chi connectivity index (χ4v) is 3.37. The summed E-state index contributed by atoms with van der Waals surface area (Å²) in [4.78, 5) is 4.38. The average molecular weight is 367 g/mol. The zero-order valence-electron chi connectivity index (χ0n) is 15.1. The molecule has 2 N–H and O–H groups in total. The number of nitrogens with zero attached hydrogens (tertiary/aromatic N) is 4. The number of benzene rings is 1. The zero-order valence-corrected chi connectivity index (χ0v) is 15.1. The standard InChI is InChI=1S/C18H24F3N5/c1-3-26-13(2)14(11-23-26)12-24-6-8-25(9-7-24)17-5-4-15(10-16(17)22)18(19,20)21/h4-5,10-11H,3,6-9,12,22H2,1-2H3. The molecular weight excluding hydrogens is 343 g/mol. The van der Waals surface area contributed by atoms with Gasteiger partial charge in [-0.2, -0.15) is 18.3 Å². The van der Waals surface area contributed by atoms with Gasteiger partial charge in [-0.25, -0.2) is 0 Å². The summed E-state index contributed by atoms with van der Waals surface area (Å²) in [7, 11) is 0. The van der Waals surface area contributed by atoms with Crippen LogP contribution in [0.5, 0.6) is 0 Å². The molecule has 0 unspecified atom stereocenters. The highest BCUT2D eigenvalue weighted by molar-refractivity contribution is 5.69. The molecule has 0 bridgehead atoms. The number of aryl methyl sites for hydroxylation is 1. The fourth-order valence-electron chi connectivity index (χ4n) is 3.37. The van der Waals surface area contributed by atoms with Crippen molar-refractivity contribution in [3.05, 3.63) is 41.2 Å². The highest BCUT2D eigenvalue weighted by atomic mass is 19.4. The number of hydrogen-bond acceptors (Lipinski definition) is 4. The van der Waals surface area contributed by atoms with Gasteiger partial charge in [0.15, 0.2) is 0 Å². The SMILES string of the molecule is CCn1ncc(CN2CCN(c3ccc(C(F)(F)F)cc3N)CC2)c1C. The maximum atomic E-state index is 12.8. The lowest BCUT2D eigenvalue weighted by Crippen LogP contribution is -2.46. The van der Waals surface area contributed by atoms with Gasteiger partial charge in [0.1, 0.15) is 0 Å². The molecule has 0 atom stereocenters. The minimum atomic E-state index is -4.37. The average Bonchev–Trinajstić information content (AvgIpc) is 2.95. The third kappa shape index (κ3) is 3.80. The van der Waals surface area contributed by atoms with Crippen molar-refractivity contribution < 1.29 is 13.2 Å². The second-order valence-corrected chi connectivity index (χ2v) is 6.61. The van der Waals surface area contributed by atoms with Gasteiger partial charge in [-0.3, -0.25) is 9.58 Å². The van der Waals surface area contributed by atoms with Crippen molar-refractivity contribution in [2.75, 3.05) is 36.8 Å². The molecule has 5 nitrogen and oxygen atoms in total. The molecule has 0 radical (unpaired) electrons. The third-order valence-electron chi connectivity index (χ3n) is 4.97. The molecule has 1 saturated heterocycles. The van der Waals surface area contributed by atoms with Crippen LogP contribution in [0.2, 0.25) is 0 Å². The minimum Gasteiger partial charge on any atom is -0.397 e. The molecule has 1 fully saturated rings. The van der Waals surface area contributed by atoms with E-state index in [4.69, 9.17) is 5.73 Å². The lowest BCUT2D eigenvalue weighted by atomic mass is 10.1. The Labute approximate surface area is 151 Å². The topological polar surface area (TPSA) is 50.3 Å². The molecule has 2 aromatic rings. The van der Waals surface area contributed by atoms with Crippen LogP contribution in [0, 0.1) is 6.92 Å². The number of rotatable bonds is 4. The van der Waals surface area contributed by atoms with Gasteiger partial charge in [-0.1, -0.05) is 0 Å². The van der Waals surface area contributed by atoms with E-state index in [0.29, 0.717) is 5.69 Å². The summed E-state index contributed by atoms with van der Waals surface area (Å²) in [5.41, 5.74) is 8.42. The van der Waals surface area contributed by atoms with Gasteiger partial charge in [-0.15, -0.1) is 0 Å². The van der Waals surface area contributed by atoms with Gasteiger partial charge >= 0.3 is 6.18 Å². The lowest BCUT2D eigenvalue weighted by Gasteiger charge is -2.36. The van der Waals surface area contributed by atoms with E-state index >= 15 is 0 Å². The Morgan fingerprint density at radius 3 is 2.38 bits per heavy atom. The highest BCUT2D eigenvalue weighted by Crippen LogP contribution is 2.34.